The van der Waals surface area contributed by atoms with Crippen molar-refractivity contribution in [3.05, 3.63) is 33.5 Å². The second-order valence-electron chi connectivity index (χ2n) is 6.52. The number of thiophene rings is 2. The Morgan fingerprint density at radius 1 is 0.875 bits per heavy atom. The molecule has 0 spiro atoms. The van der Waals surface area contributed by atoms with Crippen LogP contribution in [0.5, 0.6) is 0 Å². The number of rotatable bonds is 12. The van der Waals surface area contributed by atoms with Gasteiger partial charge in [-0.3, -0.25) is 4.79 Å². The second-order valence-corrected chi connectivity index (χ2v) is 8.52. The van der Waals surface area contributed by atoms with E-state index in [2.05, 4.69) is 31.4 Å². The smallest absolute Gasteiger partial charge is 0.160 e. The maximum absolute atomic E-state index is 11.3. The molecule has 0 aliphatic heterocycles. The third-order valence-corrected chi connectivity index (χ3v) is 6.72. The molecule has 0 N–H and O–H groups in total. The van der Waals surface area contributed by atoms with Crippen molar-refractivity contribution < 1.29 is 4.79 Å². The SMILES string of the molecule is CCCCCCc1ccsc1-c1sc(C=O)cc1CCCCCC. The first-order valence-electron chi connectivity index (χ1n) is 9.44. The molecule has 2 aromatic rings. The quantitative estimate of drug-likeness (QED) is 0.281. The average molecular weight is 363 g/mol. The van der Waals surface area contributed by atoms with Gasteiger partial charge in [0.25, 0.3) is 0 Å². The summed E-state index contributed by atoms with van der Waals surface area (Å²) >= 11 is 3.52. The monoisotopic (exact) mass is 362 g/mol. The fraction of sp³-hybridized carbons (Fsp3) is 0.571. The molecule has 1 nitrogen and oxygen atoms in total. The molecule has 0 atom stereocenters. The van der Waals surface area contributed by atoms with E-state index in [-0.39, 0.29) is 0 Å². The summed E-state index contributed by atoms with van der Waals surface area (Å²) in [5.74, 6) is 0. The van der Waals surface area contributed by atoms with Gasteiger partial charge in [0.05, 0.1) is 4.88 Å². The molecule has 0 saturated heterocycles. The number of aryl methyl sites for hydroxylation is 2. The van der Waals surface area contributed by atoms with E-state index >= 15 is 0 Å². The minimum atomic E-state index is 0.876. The van der Waals surface area contributed by atoms with Gasteiger partial charge in [-0.1, -0.05) is 52.4 Å². The zero-order valence-electron chi connectivity index (χ0n) is 15.1. The van der Waals surface area contributed by atoms with Crippen LogP contribution in [0.4, 0.5) is 0 Å². The molecule has 0 radical (unpaired) electrons. The molecule has 3 heteroatoms. The van der Waals surface area contributed by atoms with Gasteiger partial charge in [0.2, 0.25) is 0 Å². The van der Waals surface area contributed by atoms with Gasteiger partial charge in [-0.25, -0.2) is 0 Å². The molecule has 132 valence electrons. The number of hydrogen-bond donors (Lipinski definition) is 0. The molecule has 0 saturated carbocycles. The Morgan fingerprint density at radius 2 is 1.54 bits per heavy atom. The maximum atomic E-state index is 11.3. The van der Waals surface area contributed by atoms with E-state index < -0.39 is 0 Å². The molecule has 2 aromatic heterocycles. The third-order valence-electron chi connectivity index (χ3n) is 4.50. The first-order valence-corrected chi connectivity index (χ1v) is 11.1. The molecule has 2 rings (SSSR count). The first-order chi connectivity index (χ1) is 11.8. The van der Waals surface area contributed by atoms with E-state index in [1.54, 1.807) is 11.3 Å². The molecule has 0 fully saturated rings. The molecule has 2 heterocycles. The van der Waals surface area contributed by atoms with Crippen LogP contribution < -0.4 is 0 Å². The highest BCUT2D eigenvalue weighted by Gasteiger charge is 2.15. The predicted octanol–water partition coefficient (Wildman–Crippen LogP) is 7.53. The highest BCUT2D eigenvalue weighted by atomic mass is 32.1. The van der Waals surface area contributed by atoms with E-state index in [4.69, 9.17) is 0 Å². The number of carbonyl (C=O) groups excluding carboxylic acids is 1. The summed E-state index contributed by atoms with van der Waals surface area (Å²) in [6.07, 6.45) is 13.6. The Labute approximate surface area is 155 Å². The molecule has 0 amide bonds. The van der Waals surface area contributed by atoms with Gasteiger partial charge in [-0.2, -0.15) is 0 Å². The van der Waals surface area contributed by atoms with Gasteiger partial charge in [0.15, 0.2) is 6.29 Å². The largest absolute Gasteiger partial charge is 0.297 e. The zero-order valence-corrected chi connectivity index (χ0v) is 16.7. The number of aldehydes is 1. The maximum Gasteiger partial charge on any atom is 0.160 e. The van der Waals surface area contributed by atoms with Crippen molar-refractivity contribution in [2.75, 3.05) is 0 Å². The van der Waals surface area contributed by atoms with Crippen molar-refractivity contribution in [2.24, 2.45) is 0 Å². The highest BCUT2D eigenvalue weighted by Crippen LogP contribution is 2.39. The summed E-state index contributed by atoms with van der Waals surface area (Å²) in [5.41, 5.74) is 2.86. The lowest BCUT2D eigenvalue weighted by Crippen LogP contribution is -1.89. The van der Waals surface area contributed by atoms with Gasteiger partial charge >= 0.3 is 0 Å². The molecule has 0 bridgehead atoms. The van der Waals surface area contributed by atoms with Crippen LogP contribution in [0.3, 0.4) is 0 Å². The van der Waals surface area contributed by atoms with Crippen LogP contribution in [-0.4, -0.2) is 6.29 Å². The summed E-state index contributed by atoms with van der Waals surface area (Å²) in [6.45, 7) is 4.50. The number of unbranched alkanes of at least 4 members (excludes halogenated alkanes) is 6. The predicted molar refractivity (Wildman–Crippen MR) is 109 cm³/mol. The van der Waals surface area contributed by atoms with Gasteiger partial charge in [0, 0.05) is 9.75 Å². The van der Waals surface area contributed by atoms with Gasteiger partial charge in [0.1, 0.15) is 0 Å². The molecule has 0 aliphatic rings. The van der Waals surface area contributed by atoms with E-state index in [1.165, 1.54) is 78.7 Å². The van der Waals surface area contributed by atoms with Crippen LogP contribution in [0.1, 0.15) is 86.0 Å². The van der Waals surface area contributed by atoms with Crippen LogP contribution in [0.2, 0.25) is 0 Å². The average Bonchev–Trinajstić information content (AvgIpc) is 3.21. The van der Waals surface area contributed by atoms with Crippen molar-refractivity contribution >= 4 is 29.0 Å². The van der Waals surface area contributed by atoms with Crippen LogP contribution in [-0.2, 0) is 12.8 Å². The fourth-order valence-corrected chi connectivity index (χ4v) is 5.30. The number of carbonyl (C=O) groups is 1. The summed E-state index contributed by atoms with van der Waals surface area (Å²) in [5, 5.41) is 2.21. The van der Waals surface area contributed by atoms with E-state index in [0.29, 0.717) is 0 Å². The lowest BCUT2D eigenvalue weighted by Gasteiger charge is -2.06. The fourth-order valence-electron chi connectivity index (χ4n) is 3.10. The molecule has 24 heavy (non-hydrogen) atoms. The summed E-state index contributed by atoms with van der Waals surface area (Å²) in [6, 6.07) is 4.41. The second kappa shape index (κ2) is 10.8. The van der Waals surface area contributed by atoms with Crippen molar-refractivity contribution in [1.29, 1.82) is 0 Å². The van der Waals surface area contributed by atoms with Gasteiger partial charge < -0.3 is 0 Å². The van der Waals surface area contributed by atoms with E-state index in [9.17, 15) is 4.79 Å². The van der Waals surface area contributed by atoms with Crippen LogP contribution >= 0.6 is 22.7 Å². The Kier molecular flexibility index (Phi) is 8.76. The van der Waals surface area contributed by atoms with Gasteiger partial charge in [-0.05, 0) is 54.3 Å². The highest BCUT2D eigenvalue weighted by molar-refractivity contribution is 7.22. The van der Waals surface area contributed by atoms with Crippen molar-refractivity contribution in [3.63, 3.8) is 0 Å². The minimum absolute atomic E-state index is 0.876. The summed E-state index contributed by atoms with van der Waals surface area (Å²) in [7, 11) is 0. The van der Waals surface area contributed by atoms with Crippen molar-refractivity contribution in [2.45, 2.75) is 78.1 Å². The standard InChI is InChI=1S/C21H30OS2/c1-3-5-7-9-11-17-13-14-23-20(17)21-18(12-10-8-6-4-2)15-19(16-22)24-21/h13-16H,3-12H2,1-2H3. The Morgan fingerprint density at radius 3 is 2.17 bits per heavy atom. The zero-order chi connectivity index (χ0) is 17.2. The molecule has 0 aliphatic carbocycles. The van der Waals surface area contributed by atoms with Crippen molar-refractivity contribution in [3.8, 4) is 9.75 Å². The minimum Gasteiger partial charge on any atom is -0.297 e. The normalized spacial score (nSPS) is 11.1. The third kappa shape index (κ3) is 5.56. The van der Waals surface area contributed by atoms with E-state index in [0.717, 1.165) is 17.6 Å². The summed E-state index contributed by atoms with van der Waals surface area (Å²) in [4.78, 5) is 14.9. The lowest BCUT2D eigenvalue weighted by atomic mass is 10.0. The Hall–Kier alpha value is -0.930. The Bertz CT molecular complexity index is 609. The molecular formula is C21H30OS2. The van der Waals surface area contributed by atoms with Crippen LogP contribution in [0, 0.1) is 0 Å². The molecule has 0 aromatic carbocycles. The summed E-state index contributed by atoms with van der Waals surface area (Å²) < 4.78 is 0. The van der Waals surface area contributed by atoms with E-state index in [1.807, 2.05) is 11.3 Å². The number of hydrogen-bond acceptors (Lipinski definition) is 3. The van der Waals surface area contributed by atoms with Crippen molar-refractivity contribution in [1.82, 2.24) is 0 Å². The van der Waals surface area contributed by atoms with Crippen LogP contribution in [0.15, 0.2) is 17.5 Å². The topological polar surface area (TPSA) is 17.1 Å². The van der Waals surface area contributed by atoms with Gasteiger partial charge in [-0.15, -0.1) is 22.7 Å². The molecular weight excluding hydrogens is 332 g/mol. The molecule has 0 unspecified atom stereocenters. The lowest BCUT2D eigenvalue weighted by molar-refractivity contribution is 0.112. The van der Waals surface area contributed by atoms with Crippen LogP contribution in [0.25, 0.3) is 9.75 Å². The first kappa shape index (κ1) is 19.4. The Balaban J connectivity index is 2.11.